The number of rotatable bonds is 6. The summed E-state index contributed by atoms with van der Waals surface area (Å²) in [6.45, 7) is 11.2. The van der Waals surface area contributed by atoms with E-state index in [9.17, 15) is 9.59 Å². The molecule has 2 aromatic carbocycles. The Morgan fingerprint density at radius 2 is 1.81 bits per heavy atom. The van der Waals surface area contributed by atoms with E-state index < -0.39 is 5.63 Å². The maximum Gasteiger partial charge on any atom is 0.336 e. The van der Waals surface area contributed by atoms with E-state index in [2.05, 4.69) is 34.2 Å². The van der Waals surface area contributed by atoms with E-state index in [1.54, 1.807) is 12.1 Å². The van der Waals surface area contributed by atoms with E-state index in [0.717, 1.165) is 54.9 Å². The van der Waals surface area contributed by atoms with Crippen LogP contribution in [0.15, 0.2) is 51.7 Å². The lowest BCUT2D eigenvalue weighted by Crippen LogP contribution is -2.46. The molecule has 1 amide bonds. The summed E-state index contributed by atoms with van der Waals surface area (Å²) in [5.74, 6) is 0.225. The van der Waals surface area contributed by atoms with Crippen LogP contribution >= 0.6 is 0 Å². The van der Waals surface area contributed by atoms with Crippen LogP contribution in [0, 0.1) is 13.8 Å². The molecule has 1 aliphatic heterocycles. The molecule has 1 saturated heterocycles. The quantitative estimate of drug-likeness (QED) is 0.597. The fraction of sp³-hybridized carbons (Fsp3) is 0.360. The van der Waals surface area contributed by atoms with Gasteiger partial charge < -0.3 is 24.3 Å². The summed E-state index contributed by atoms with van der Waals surface area (Å²) >= 11 is 0. The number of likely N-dealkylation sites (N-methyl/N-ethyl adjacent to an activating group) is 1. The van der Waals surface area contributed by atoms with Crippen LogP contribution in [0.3, 0.4) is 0 Å². The number of amides is 1. The molecule has 0 unspecified atom stereocenters. The van der Waals surface area contributed by atoms with Gasteiger partial charge in [-0.25, -0.2) is 4.79 Å². The maximum atomic E-state index is 12.4. The third-order valence-electron chi connectivity index (χ3n) is 5.96. The van der Waals surface area contributed by atoms with Crippen LogP contribution in [0.5, 0.6) is 5.75 Å². The molecule has 0 saturated carbocycles. The van der Waals surface area contributed by atoms with Gasteiger partial charge in [-0.15, -0.1) is 0 Å². The summed E-state index contributed by atoms with van der Waals surface area (Å²) in [7, 11) is 0. The fourth-order valence-corrected chi connectivity index (χ4v) is 4.04. The Morgan fingerprint density at radius 3 is 2.53 bits per heavy atom. The van der Waals surface area contributed by atoms with Gasteiger partial charge in [0.15, 0.2) is 6.61 Å². The molecule has 1 N–H and O–H groups in total. The standard InChI is InChI=1S/C25H29N3O4/c1-4-27-9-11-28(12-10-27)19-5-8-22(18(3)13-19)26-24(29)16-31-20-6-7-21-17(2)14-25(30)32-23(21)15-20/h5-8,13-15H,4,9-12,16H2,1-3H3,(H,26,29). The molecule has 0 spiro atoms. The molecule has 168 valence electrons. The highest BCUT2D eigenvalue weighted by molar-refractivity contribution is 5.93. The SMILES string of the molecule is CCN1CCN(c2ccc(NC(=O)COc3ccc4c(C)cc(=O)oc4c3)c(C)c2)CC1. The fourth-order valence-electron chi connectivity index (χ4n) is 4.04. The van der Waals surface area contributed by atoms with Gasteiger partial charge in [0.05, 0.1) is 0 Å². The molecule has 7 heteroatoms. The highest BCUT2D eigenvalue weighted by Crippen LogP contribution is 2.25. The van der Waals surface area contributed by atoms with E-state index in [1.165, 1.54) is 11.8 Å². The number of ether oxygens (including phenoxy) is 1. The van der Waals surface area contributed by atoms with Crippen molar-refractivity contribution in [2.75, 3.05) is 49.5 Å². The first kappa shape index (κ1) is 21.9. The Balaban J connectivity index is 1.36. The number of fused-ring (bicyclic) bond motifs is 1. The average molecular weight is 436 g/mol. The topological polar surface area (TPSA) is 75.0 Å². The molecule has 1 aromatic heterocycles. The summed E-state index contributed by atoms with van der Waals surface area (Å²) in [4.78, 5) is 28.9. The zero-order valence-corrected chi connectivity index (χ0v) is 18.8. The Hall–Kier alpha value is -3.32. The Labute approximate surface area is 187 Å². The first-order valence-corrected chi connectivity index (χ1v) is 11.0. The lowest BCUT2D eigenvalue weighted by atomic mass is 10.1. The molecule has 1 aliphatic rings. The van der Waals surface area contributed by atoms with E-state index in [-0.39, 0.29) is 12.5 Å². The Bertz CT molecular complexity index is 1180. The lowest BCUT2D eigenvalue weighted by molar-refractivity contribution is -0.118. The average Bonchev–Trinajstić information content (AvgIpc) is 2.78. The second kappa shape index (κ2) is 9.44. The molecule has 32 heavy (non-hydrogen) atoms. The van der Waals surface area contributed by atoms with Crippen molar-refractivity contribution in [3.63, 3.8) is 0 Å². The predicted molar refractivity (Wildman–Crippen MR) is 127 cm³/mol. The number of nitrogens with one attached hydrogen (secondary N) is 1. The Morgan fingerprint density at radius 1 is 1.03 bits per heavy atom. The van der Waals surface area contributed by atoms with Crippen LogP contribution in [0.25, 0.3) is 11.0 Å². The van der Waals surface area contributed by atoms with Gasteiger partial charge in [0.2, 0.25) is 0 Å². The van der Waals surface area contributed by atoms with Gasteiger partial charge in [-0.2, -0.15) is 0 Å². The van der Waals surface area contributed by atoms with Crippen molar-refractivity contribution < 1.29 is 13.9 Å². The molecule has 3 aromatic rings. The zero-order chi connectivity index (χ0) is 22.7. The molecule has 1 fully saturated rings. The molecular formula is C25H29N3O4. The number of carbonyl (C=O) groups is 1. The molecule has 0 aliphatic carbocycles. The number of benzene rings is 2. The van der Waals surface area contributed by atoms with Gasteiger partial charge >= 0.3 is 5.63 Å². The highest BCUT2D eigenvalue weighted by atomic mass is 16.5. The number of carbonyl (C=O) groups excluding carboxylic acids is 1. The summed E-state index contributed by atoms with van der Waals surface area (Å²) in [6, 6.07) is 12.8. The minimum Gasteiger partial charge on any atom is -0.484 e. The number of anilines is 2. The van der Waals surface area contributed by atoms with Crippen molar-refractivity contribution in [2.24, 2.45) is 0 Å². The number of piperazine rings is 1. The molecular weight excluding hydrogens is 406 g/mol. The number of aryl methyl sites for hydroxylation is 2. The van der Waals surface area contributed by atoms with Crippen LogP contribution in [0.1, 0.15) is 18.1 Å². The largest absolute Gasteiger partial charge is 0.484 e. The lowest BCUT2D eigenvalue weighted by Gasteiger charge is -2.35. The van der Waals surface area contributed by atoms with E-state index >= 15 is 0 Å². The van der Waals surface area contributed by atoms with E-state index in [1.807, 2.05) is 26.0 Å². The van der Waals surface area contributed by atoms with Gasteiger partial charge in [0.1, 0.15) is 11.3 Å². The second-order valence-corrected chi connectivity index (χ2v) is 8.16. The van der Waals surface area contributed by atoms with Crippen LogP contribution in [-0.4, -0.2) is 50.1 Å². The molecule has 0 atom stereocenters. The van der Waals surface area contributed by atoms with Crippen LogP contribution < -0.4 is 20.6 Å². The van der Waals surface area contributed by atoms with Gasteiger partial charge in [0, 0.05) is 55.1 Å². The smallest absolute Gasteiger partial charge is 0.336 e. The summed E-state index contributed by atoms with van der Waals surface area (Å²) in [5, 5.41) is 3.76. The normalized spacial score (nSPS) is 14.5. The van der Waals surface area contributed by atoms with Gasteiger partial charge in [-0.1, -0.05) is 6.92 Å². The van der Waals surface area contributed by atoms with E-state index in [0.29, 0.717) is 11.3 Å². The minimum absolute atomic E-state index is 0.137. The number of hydrogen-bond donors (Lipinski definition) is 1. The van der Waals surface area contributed by atoms with Gasteiger partial charge in [-0.05, 0) is 61.9 Å². The second-order valence-electron chi connectivity index (χ2n) is 8.16. The zero-order valence-electron chi connectivity index (χ0n) is 18.8. The van der Waals surface area contributed by atoms with Crippen LogP contribution in [0.4, 0.5) is 11.4 Å². The number of hydrogen-bond acceptors (Lipinski definition) is 6. The molecule has 0 radical (unpaired) electrons. The molecule has 0 bridgehead atoms. The monoisotopic (exact) mass is 435 g/mol. The predicted octanol–water partition coefficient (Wildman–Crippen LogP) is 3.57. The van der Waals surface area contributed by atoms with Crippen molar-refractivity contribution in [2.45, 2.75) is 20.8 Å². The maximum absolute atomic E-state index is 12.4. The summed E-state index contributed by atoms with van der Waals surface area (Å²) in [5.41, 5.74) is 3.84. The first-order valence-electron chi connectivity index (χ1n) is 11.0. The third-order valence-corrected chi connectivity index (χ3v) is 5.96. The molecule has 4 rings (SSSR count). The molecule has 2 heterocycles. The first-order chi connectivity index (χ1) is 15.4. The van der Waals surface area contributed by atoms with Crippen molar-refractivity contribution in [1.29, 1.82) is 0 Å². The van der Waals surface area contributed by atoms with Crippen molar-refractivity contribution in [3.05, 3.63) is 64.0 Å². The highest BCUT2D eigenvalue weighted by Gasteiger charge is 2.16. The summed E-state index contributed by atoms with van der Waals surface area (Å²) < 4.78 is 10.9. The Kier molecular flexibility index (Phi) is 6.46. The van der Waals surface area contributed by atoms with Crippen molar-refractivity contribution in [1.82, 2.24) is 4.90 Å². The van der Waals surface area contributed by atoms with Gasteiger partial charge in [-0.3, -0.25) is 4.79 Å². The van der Waals surface area contributed by atoms with Gasteiger partial charge in [0.25, 0.3) is 5.91 Å². The van der Waals surface area contributed by atoms with Crippen LogP contribution in [0.2, 0.25) is 0 Å². The molecule has 7 nitrogen and oxygen atoms in total. The van der Waals surface area contributed by atoms with Crippen LogP contribution in [-0.2, 0) is 4.79 Å². The van der Waals surface area contributed by atoms with Crippen molar-refractivity contribution >= 4 is 28.3 Å². The third kappa shape index (κ3) is 4.94. The van der Waals surface area contributed by atoms with E-state index in [4.69, 9.17) is 9.15 Å². The minimum atomic E-state index is -0.406. The van der Waals surface area contributed by atoms with Crippen molar-refractivity contribution in [3.8, 4) is 5.75 Å². The number of nitrogens with zero attached hydrogens (tertiary/aromatic N) is 2. The summed E-state index contributed by atoms with van der Waals surface area (Å²) in [6.07, 6.45) is 0.